The van der Waals surface area contributed by atoms with E-state index in [1.165, 1.54) is 17.5 Å². The Bertz CT molecular complexity index is 946. The highest BCUT2D eigenvalue weighted by Crippen LogP contribution is 2.30. The molecule has 3 aromatic rings. The molecule has 0 aliphatic carbocycles. The van der Waals surface area contributed by atoms with E-state index in [4.69, 9.17) is 0 Å². The summed E-state index contributed by atoms with van der Waals surface area (Å²) in [7, 11) is -3.69. The molecule has 3 rings (SSSR count). The molecule has 0 saturated heterocycles. The molecule has 0 saturated carbocycles. The van der Waals surface area contributed by atoms with Gasteiger partial charge in [0.15, 0.2) is 5.13 Å². The zero-order chi connectivity index (χ0) is 15.9. The number of rotatable bonds is 4. The molecule has 116 valence electrons. The van der Waals surface area contributed by atoms with Gasteiger partial charge < -0.3 is 0 Å². The summed E-state index contributed by atoms with van der Waals surface area (Å²) in [5, 5.41) is 4.51. The third kappa shape index (κ3) is 2.88. The van der Waals surface area contributed by atoms with E-state index in [0.717, 1.165) is 14.7 Å². The van der Waals surface area contributed by atoms with Gasteiger partial charge in [0, 0.05) is 17.2 Å². The van der Waals surface area contributed by atoms with Crippen molar-refractivity contribution in [1.82, 2.24) is 14.8 Å². The number of fused-ring (bicyclic) bond motifs is 1. The molecule has 1 aromatic carbocycles. The fraction of sp³-hybridized carbons (Fsp3) is 0.231. The van der Waals surface area contributed by atoms with Crippen molar-refractivity contribution < 1.29 is 8.42 Å². The van der Waals surface area contributed by atoms with Crippen molar-refractivity contribution in [1.29, 1.82) is 0 Å². The van der Waals surface area contributed by atoms with Crippen molar-refractivity contribution in [2.45, 2.75) is 25.3 Å². The maximum Gasteiger partial charge on any atom is 0.267 e. The molecule has 0 fully saturated rings. The van der Waals surface area contributed by atoms with Crippen LogP contribution in [0.1, 0.15) is 12.6 Å². The lowest BCUT2D eigenvalue weighted by Crippen LogP contribution is -2.13. The Morgan fingerprint density at radius 2 is 2.18 bits per heavy atom. The van der Waals surface area contributed by atoms with Crippen LogP contribution in [-0.2, 0) is 16.6 Å². The van der Waals surface area contributed by atoms with E-state index in [-0.39, 0.29) is 4.90 Å². The van der Waals surface area contributed by atoms with Crippen LogP contribution in [-0.4, -0.2) is 23.2 Å². The van der Waals surface area contributed by atoms with Crippen molar-refractivity contribution in [2.24, 2.45) is 0 Å². The number of halogens is 1. The van der Waals surface area contributed by atoms with E-state index in [9.17, 15) is 8.42 Å². The second-order valence-corrected chi connectivity index (χ2v) is 8.27. The topological polar surface area (TPSA) is 76.9 Å². The molecule has 0 spiro atoms. The number of aryl methyl sites for hydroxylation is 2. The zero-order valence-corrected chi connectivity index (χ0v) is 15.1. The number of nitrogens with one attached hydrogen (secondary N) is 1. The van der Waals surface area contributed by atoms with Gasteiger partial charge in [-0.25, -0.2) is 13.4 Å². The fourth-order valence-corrected chi connectivity index (χ4v) is 4.88. The third-order valence-electron chi connectivity index (χ3n) is 3.09. The van der Waals surface area contributed by atoms with Crippen molar-refractivity contribution in [3.63, 3.8) is 0 Å². The Kier molecular flexibility index (Phi) is 3.96. The highest BCUT2D eigenvalue weighted by atomic mass is 79.9. The molecule has 0 unspecified atom stereocenters. The van der Waals surface area contributed by atoms with Crippen LogP contribution in [0.2, 0.25) is 0 Å². The summed E-state index contributed by atoms with van der Waals surface area (Å²) in [4.78, 5) is 4.48. The Hall–Kier alpha value is -1.45. The molecule has 6 nitrogen and oxygen atoms in total. The van der Waals surface area contributed by atoms with E-state index in [1.54, 1.807) is 11.6 Å². The van der Waals surface area contributed by atoms with Gasteiger partial charge in [-0.3, -0.25) is 9.40 Å². The number of nitrogens with zero attached hydrogens (tertiary/aromatic N) is 3. The van der Waals surface area contributed by atoms with Crippen molar-refractivity contribution in [3.05, 3.63) is 34.6 Å². The van der Waals surface area contributed by atoms with Gasteiger partial charge >= 0.3 is 0 Å². The maximum atomic E-state index is 12.5. The molecule has 0 atom stereocenters. The van der Waals surface area contributed by atoms with Gasteiger partial charge in [0.2, 0.25) is 0 Å². The summed E-state index contributed by atoms with van der Waals surface area (Å²) in [6.07, 6.45) is 1.53. The molecule has 9 heteroatoms. The first-order chi connectivity index (χ1) is 10.4. The number of thiazole rings is 1. The average molecular weight is 401 g/mol. The van der Waals surface area contributed by atoms with Crippen molar-refractivity contribution in [3.8, 4) is 0 Å². The molecule has 2 aromatic heterocycles. The lowest BCUT2D eigenvalue weighted by atomic mass is 10.3. The monoisotopic (exact) mass is 400 g/mol. The second kappa shape index (κ2) is 5.64. The van der Waals surface area contributed by atoms with Crippen molar-refractivity contribution >= 4 is 52.6 Å². The largest absolute Gasteiger partial charge is 0.271 e. The summed E-state index contributed by atoms with van der Waals surface area (Å²) in [6.45, 7) is 4.20. The Balaban J connectivity index is 1.97. The highest BCUT2D eigenvalue weighted by Gasteiger charge is 2.21. The number of hydrogen-bond donors (Lipinski definition) is 1. The minimum Gasteiger partial charge on any atom is -0.271 e. The predicted molar refractivity (Wildman–Crippen MR) is 90.8 cm³/mol. The Morgan fingerprint density at radius 3 is 2.86 bits per heavy atom. The summed E-state index contributed by atoms with van der Waals surface area (Å²) in [5.74, 6) is 0. The Labute approximate surface area is 140 Å². The third-order valence-corrected chi connectivity index (χ3v) is 6.08. The van der Waals surface area contributed by atoms with Crippen LogP contribution < -0.4 is 4.72 Å². The summed E-state index contributed by atoms with van der Waals surface area (Å²) < 4.78 is 30.9. The number of benzene rings is 1. The fourth-order valence-electron chi connectivity index (χ4n) is 2.04. The van der Waals surface area contributed by atoms with Crippen LogP contribution in [0.15, 0.2) is 33.8 Å². The van der Waals surface area contributed by atoms with Crippen LogP contribution >= 0.6 is 27.3 Å². The average Bonchev–Trinajstić information content (AvgIpc) is 3.00. The molecule has 0 bridgehead atoms. The van der Waals surface area contributed by atoms with E-state index in [2.05, 4.69) is 30.7 Å². The first-order valence-corrected chi connectivity index (χ1v) is 9.61. The smallest absolute Gasteiger partial charge is 0.267 e. The van der Waals surface area contributed by atoms with E-state index in [0.29, 0.717) is 17.4 Å². The molecule has 2 heterocycles. The Morgan fingerprint density at radius 1 is 1.41 bits per heavy atom. The van der Waals surface area contributed by atoms with Gasteiger partial charge in [-0.15, -0.1) is 0 Å². The number of anilines is 1. The van der Waals surface area contributed by atoms with Crippen LogP contribution in [0.3, 0.4) is 0 Å². The molecule has 0 amide bonds. The van der Waals surface area contributed by atoms with E-state index >= 15 is 0 Å². The molecule has 0 radical (unpaired) electrons. The lowest BCUT2D eigenvalue weighted by molar-refractivity contribution is 0.600. The predicted octanol–water partition coefficient (Wildman–Crippen LogP) is 3.38. The van der Waals surface area contributed by atoms with Crippen molar-refractivity contribution in [2.75, 3.05) is 4.72 Å². The van der Waals surface area contributed by atoms with E-state index in [1.807, 2.05) is 25.1 Å². The minimum atomic E-state index is -3.69. The molecule has 0 aliphatic rings. The zero-order valence-electron chi connectivity index (χ0n) is 11.9. The molecular weight excluding hydrogens is 388 g/mol. The molecule has 0 aliphatic heterocycles. The van der Waals surface area contributed by atoms with Gasteiger partial charge in [-0.2, -0.15) is 5.10 Å². The standard InChI is InChI=1S/C13H13BrN4O2S2/c1-3-18-7-12(8(2)16-18)22(19,20)17-13-15-10-5-4-9(14)6-11(10)21-13/h4-7H,3H2,1-2H3,(H,15,17). The highest BCUT2D eigenvalue weighted by molar-refractivity contribution is 9.10. The van der Waals surface area contributed by atoms with Crippen LogP contribution in [0.5, 0.6) is 0 Å². The number of hydrogen-bond acceptors (Lipinski definition) is 5. The second-order valence-electron chi connectivity index (χ2n) is 4.67. The maximum absolute atomic E-state index is 12.5. The number of aromatic nitrogens is 3. The van der Waals surface area contributed by atoms with Gasteiger partial charge in [-0.05, 0) is 32.0 Å². The lowest BCUT2D eigenvalue weighted by Gasteiger charge is -2.02. The minimum absolute atomic E-state index is 0.176. The summed E-state index contributed by atoms with van der Waals surface area (Å²) in [5.41, 5.74) is 1.23. The van der Waals surface area contributed by atoms with Crippen LogP contribution in [0.4, 0.5) is 5.13 Å². The molecular formula is C13H13BrN4O2S2. The first kappa shape index (κ1) is 15.4. The SMILES string of the molecule is CCn1cc(S(=O)(=O)Nc2nc3ccc(Br)cc3s2)c(C)n1. The first-order valence-electron chi connectivity index (χ1n) is 6.52. The quantitative estimate of drug-likeness (QED) is 0.727. The van der Waals surface area contributed by atoms with Gasteiger partial charge in [0.05, 0.1) is 15.9 Å². The van der Waals surface area contributed by atoms with Crippen LogP contribution in [0, 0.1) is 6.92 Å². The van der Waals surface area contributed by atoms with Crippen LogP contribution in [0.25, 0.3) is 10.2 Å². The van der Waals surface area contributed by atoms with Gasteiger partial charge in [-0.1, -0.05) is 27.3 Å². The summed E-state index contributed by atoms with van der Waals surface area (Å²) >= 11 is 4.68. The normalized spacial score (nSPS) is 12.0. The summed E-state index contributed by atoms with van der Waals surface area (Å²) in [6, 6.07) is 5.62. The molecule has 1 N–H and O–H groups in total. The number of sulfonamides is 1. The van der Waals surface area contributed by atoms with E-state index < -0.39 is 10.0 Å². The van der Waals surface area contributed by atoms with Gasteiger partial charge in [0.25, 0.3) is 10.0 Å². The molecule has 22 heavy (non-hydrogen) atoms. The van der Waals surface area contributed by atoms with Gasteiger partial charge in [0.1, 0.15) is 4.90 Å².